The van der Waals surface area contributed by atoms with Gasteiger partial charge in [-0.1, -0.05) is 0 Å². The van der Waals surface area contributed by atoms with Crippen LogP contribution in [0.1, 0.15) is 30.1 Å². The van der Waals surface area contributed by atoms with Crippen LogP contribution in [0.3, 0.4) is 0 Å². The number of aliphatic hydroxyl groups is 4. The first-order chi connectivity index (χ1) is 18.4. The van der Waals surface area contributed by atoms with E-state index in [2.05, 4.69) is 4.74 Å². The van der Waals surface area contributed by atoms with Gasteiger partial charge in [-0.15, -0.1) is 0 Å². The predicted octanol–water partition coefficient (Wildman–Crippen LogP) is 0.0783. The Morgan fingerprint density at radius 1 is 0.897 bits per heavy atom. The zero-order valence-corrected chi connectivity index (χ0v) is 20.1. The van der Waals surface area contributed by atoms with Crippen molar-refractivity contribution in [1.82, 2.24) is 0 Å². The number of phenols is 4. The second-order valence-corrected chi connectivity index (χ2v) is 8.93. The molecule has 1 saturated heterocycles. The molecule has 210 valence electrons. The van der Waals surface area contributed by atoms with E-state index in [9.17, 15) is 45.3 Å². The molecule has 39 heavy (non-hydrogen) atoms. The quantitative estimate of drug-likeness (QED) is 0.123. The van der Waals surface area contributed by atoms with Gasteiger partial charge in [0.05, 0.1) is 24.5 Å². The van der Waals surface area contributed by atoms with Gasteiger partial charge in [0.25, 0.3) is 11.9 Å². The van der Waals surface area contributed by atoms with Gasteiger partial charge in [-0.2, -0.15) is 0 Å². The average molecular weight is 551 g/mol. The second-order valence-electron chi connectivity index (χ2n) is 8.93. The van der Waals surface area contributed by atoms with E-state index in [1.807, 2.05) is 0 Å². The first kappa shape index (κ1) is 27.8. The molecule has 0 amide bonds. The van der Waals surface area contributed by atoms with Crippen LogP contribution in [0, 0.1) is 0 Å². The number of hydrogen-bond donors (Lipinski definition) is 8. The third kappa shape index (κ3) is 6.09. The molecule has 0 saturated carbocycles. The number of esters is 1. The van der Waals surface area contributed by atoms with Gasteiger partial charge in [0.1, 0.15) is 48.1 Å². The van der Waals surface area contributed by atoms with Crippen molar-refractivity contribution in [1.29, 1.82) is 0 Å². The molecule has 4 rings (SSSR count). The zero-order valence-electron chi connectivity index (χ0n) is 20.1. The molecule has 14 nitrogen and oxygen atoms in total. The number of aromatic hydroxyl groups is 5. The number of hydrogen-bond acceptors (Lipinski definition) is 12. The molecular weight excluding hydrogens is 524 g/mol. The Balaban J connectivity index is 1.60. The lowest BCUT2D eigenvalue weighted by atomic mass is 9.98. The Kier molecular flexibility index (Phi) is 8.01. The monoisotopic (exact) mass is 551 g/mol. The fourth-order valence-corrected chi connectivity index (χ4v) is 4.08. The summed E-state index contributed by atoms with van der Waals surface area (Å²) in [5.41, 5.74) is 0.427. The Morgan fingerprint density at radius 3 is 2.33 bits per heavy atom. The Morgan fingerprint density at radius 2 is 1.64 bits per heavy atom. The number of carbonyl (C=O) groups excluding carboxylic acids is 1. The van der Waals surface area contributed by atoms with E-state index in [-0.39, 0.29) is 28.6 Å². The number of ether oxygens (including phenoxy) is 4. The minimum atomic E-state index is -1.80. The minimum absolute atomic E-state index is 0.0570. The first-order valence-electron chi connectivity index (χ1n) is 11.7. The molecule has 1 fully saturated rings. The minimum Gasteiger partial charge on any atom is -0.571 e. The van der Waals surface area contributed by atoms with Crippen LogP contribution in [0.4, 0.5) is 0 Å². The van der Waals surface area contributed by atoms with Gasteiger partial charge >= 0.3 is 11.9 Å². The van der Waals surface area contributed by atoms with Crippen molar-refractivity contribution in [2.45, 2.75) is 49.7 Å². The zero-order chi connectivity index (χ0) is 28.4. The van der Waals surface area contributed by atoms with Crippen molar-refractivity contribution in [3.8, 4) is 28.7 Å². The molecule has 6 atom stereocenters. The summed E-state index contributed by atoms with van der Waals surface area (Å²) in [7, 11) is 0. The van der Waals surface area contributed by atoms with Crippen LogP contribution >= 0.6 is 0 Å². The molecule has 1 unspecified atom stereocenters. The Hall–Kier alpha value is -4.24. The fraction of sp³-hybridized carbons (Fsp3) is 0.360. The van der Waals surface area contributed by atoms with Crippen molar-refractivity contribution in [2.24, 2.45) is 0 Å². The van der Waals surface area contributed by atoms with Gasteiger partial charge in [0, 0.05) is 12.1 Å². The summed E-state index contributed by atoms with van der Waals surface area (Å²) in [6.07, 6.45) is -8.97. The van der Waals surface area contributed by atoms with Gasteiger partial charge in [-0.3, -0.25) is 9.59 Å². The Bertz CT molecular complexity index is 1270. The summed E-state index contributed by atoms with van der Waals surface area (Å²) in [5, 5.41) is 79.9. The fourth-order valence-electron chi connectivity index (χ4n) is 4.08. The van der Waals surface area contributed by atoms with Crippen molar-refractivity contribution in [2.75, 3.05) is 6.61 Å². The summed E-state index contributed by atoms with van der Waals surface area (Å²) in [4.78, 5) is 22.4. The van der Waals surface area contributed by atoms with Crippen LogP contribution in [0.25, 0.3) is 6.08 Å². The van der Waals surface area contributed by atoms with Gasteiger partial charge < -0.3 is 59.8 Å². The van der Waals surface area contributed by atoms with Crippen molar-refractivity contribution >= 4 is 18.0 Å². The molecule has 2 heterocycles. The highest BCUT2D eigenvalue weighted by Crippen LogP contribution is 2.46. The van der Waals surface area contributed by atoms with Gasteiger partial charge in [-0.05, 0) is 18.2 Å². The van der Waals surface area contributed by atoms with Crippen LogP contribution < -0.4 is 0 Å². The van der Waals surface area contributed by atoms with Crippen molar-refractivity contribution in [3.05, 3.63) is 47.2 Å². The predicted molar refractivity (Wildman–Crippen MR) is 128 cm³/mol. The van der Waals surface area contributed by atoms with Crippen LogP contribution in [0.15, 0.2) is 36.1 Å². The SMILES string of the molecule is O=C(O)CCC(=O)OC[C@H]1O[C@@H](OC2=Cc3c(O)cc(O)cc3[OH+]C2c2ccc(O)c(O)c2)[C@H](O)[C@@H](O)[C@@H]1O. The molecule has 0 bridgehead atoms. The second kappa shape index (κ2) is 11.2. The summed E-state index contributed by atoms with van der Waals surface area (Å²) in [6.45, 7) is -0.592. The molecule has 9 N–H and O–H groups in total. The number of fused-ring (bicyclic) bond motifs is 1. The smallest absolute Gasteiger partial charge is 0.306 e. The van der Waals surface area contributed by atoms with Crippen molar-refractivity contribution < 1.29 is 69.4 Å². The topological polar surface area (TPSA) is 236 Å². The third-order valence-corrected chi connectivity index (χ3v) is 6.13. The maximum Gasteiger partial charge on any atom is 0.306 e. The first-order valence-corrected chi connectivity index (χ1v) is 11.7. The number of carbonyl (C=O) groups is 2. The molecule has 0 radical (unpaired) electrons. The maximum atomic E-state index is 11.8. The van der Waals surface area contributed by atoms with Crippen molar-refractivity contribution in [3.63, 3.8) is 0 Å². The number of carboxylic acid groups (broad SMARTS) is 1. The molecule has 2 aromatic rings. The van der Waals surface area contributed by atoms with Gasteiger partial charge in [-0.25, -0.2) is 0 Å². The van der Waals surface area contributed by atoms with E-state index in [4.69, 9.17) is 19.3 Å². The molecule has 2 aliphatic heterocycles. The average Bonchev–Trinajstić information content (AvgIpc) is 2.88. The number of rotatable bonds is 8. The molecule has 2 aromatic carbocycles. The summed E-state index contributed by atoms with van der Waals surface area (Å²) < 4.78 is 20.8. The summed E-state index contributed by atoms with van der Waals surface area (Å²) in [5.74, 6) is -3.49. The summed E-state index contributed by atoms with van der Waals surface area (Å²) in [6, 6.07) is 6.16. The lowest BCUT2D eigenvalue weighted by molar-refractivity contribution is -0.296. The van der Waals surface area contributed by atoms with E-state index in [0.717, 1.165) is 6.07 Å². The van der Waals surface area contributed by atoms with Crippen LogP contribution in [0.5, 0.6) is 28.7 Å². The highest BCUT2D eigenvalue weighted by molar-refractivity contribution is 5.76. The maximum absolute atomic E-state index is 11.8. The molecule has 0 spiro atoms. The van der Waals surface area contributed by atoms with Crippen LogP contribution in [-0.2, 0) is 23.8 Å². The van der Waals surface area contributed by atoms with E-state index < -0.39 is 79.7 Å². The van der Waals surface area contributed by atoms with Crippen LogP contribution in [0.2, 0.25) is 0 Å². The highest BCUT2D eigenvalue weighted by atomic mass is 16.7. The summed E-state index contributed by atoms with van der Waals surface area (Å²) >= 11 is 0. The van der Waals surface area contributed by atoms with Gasteiger partial charge in [0.2, 0.25) is 6.29 Å². The lowest BCUT2D eigenvalue weighted by Gasteiger charge is -2.40. The van der Waals surface area contributed by atoms with E-state index in [1.165, 1.54) is 30.3 Å². The molecular formula is C25H27O14+. The van der Waals surface area contributed by atoms with E-state index >= 15 is 0 Å². The van der Waals surface area contributed by atoms with E-state index in [1.54, 1.807) is 0 Å². The van der Waals surface area contributed by atoms with Crippen LogP contribution in [-0.4, -0.2) is 94.8 Å². The largest absolute Gasteiger partial charge is 0.571 e. The number of phenolic OH excluding ortho intramolecular Hbond substituents is 4. The Labute approximate surface area is 220 Å². The number of benzene rings is 2. The number of aliphatic carboxylic acids is 1. The van der Waals surface area contributed by atoms with E-state index in [0.29, 0.717) is 5.56 Å². The number of carboxylic acids is 1. The standard InChI is InChI=1S/C25H26O14/c26-11-6-14(28)12-8-17(24(37-16(12)7-11)10-1-2-13(27)15(29)5-10)38-25-23(35)22(34)21(33)18(39-25)9-36-20(32)4-3-19(30)31/h1-2,5-8,18,21-29,33-35H,3-4,9H2,(H,30,31)/p+1/t18-,21-,22+,23-,24?,25-/m1/s1. The molecule has 0 aliphatic carbocycles. The normalized spacial score (nSPS) is 26.1. The molecule has 2 aliphatic rings. The lowest BCUT2D eigenvalue weighted by Crippen LogP contribution is -2.59. The molecule has 0 aromatic heterocycles. The molecule has 14 heteroatoms. The van der Waals surface area contributed by atoms with Gasteiger partial charge in [0.15, 0.2) is 17.3 Å². The third-order valence-electron chi connectivity index (χ3n) is 6.13. The highest BCUT2D eigenvalue weighted by Gasteiger charge is 2.47. The number of aliphatic hydroxyl groups excluding tert-OH is 3.